The van der Waals surface area contributed by atoms with Gasteiger partial charge in [-0.3, -0.25) is 0 Å². The average Bonchev–Trinajstić information content (AvgIpc) is 2.30. The lowest BCUT2D eigenvalue weighted by molar-refractivity contribution is 0.161. The first kappa shape index (κ1) is 13.0. The molecule has 16 heavy (non-hydrogen) atoms. The molecule has 0 fully saturated rings. The van der Waals surface area contributed by atoms with Crippen LogP contribution in [0.15, 0.2) is 18.3 Å². The van der Waals surface area contributed by atoms with Gasteiger partial charge in [0.25, 0.3) is 0 Å². The Hall–Kier alpha value is -1.09. The number of hydrogen-bond acceptors (Lipinski definition) is 3. The lowest BCUT2D eigenvalue weighted by Crippen LogP contribution is -2.10. The van der Waals surface area contributed by atoms with Gasteiger partial charge in [-0.1, -0.05) is 32.3 Å². The number of hydrogen-bond donors (Lipinski definition) is 1. The van der Waals surface area contributed by atoms with Gasteiger partial charge in [-0.05, 0) is 18.4 Å². The molecule has 1 atom stereocenters. The van der Waals surface area contributed by atoms with Gasteiger partial charge in [0.05, 0.1) is 13.2 Å². The van der Waals surface area contributed by atoms with Gasteiger partial charge in [0, 0.05) is 12.3 Å². The summed E-state index contributed by atoms with van der Waals surface area (Å²) in [6.07, 6.45) is 6.56. The lowest BCUT2D eigenvalue weighted by atomic mass is 10.0. The van der Waals surface area contributed by atoms with Gasteiger partial charge in [-0.2, -0.15) is 0 Å². The Morgan fingerprint density at radius 1 is 1.38 bits per heavy atom. The van der Waals surface area contributed by atoms with Gasteiger partial charge in [-0.25, -0.2) is 4.98 Å². The first-order valence-corrected chi connectivity index (χ1v) is 5.93. The normalized spacial score (nSPS) is 12.4. The Bertz CT molecular complexity index is 284. The molecule has 0 bridgehead atoms. The molecule has 0 aliphatic carbocycles. The fraction of sp³-hybridized carbons (Fsp3) is 0.615. The third-order valence-corrected chi connectivity index (χ3v) is 2.62. The minimum atomic E-state index is -0.248. The summed E-state index contributed by atoms with van der Waals surface area (Å²) in [5, 5.41) is 9.80. The number of unbranched alkanes of at least 4 members (excludes halogenated alkanes) is 2. The van der Waals surface area contributed by atoms with Gasteiger partial charge in [0.1, 0.15) is 0 Å². The Balaban J connectivity index is 2.34. The smallest absolute Gasteiger partial charge is 0.212 e. The minimum absolute atomic E-state index is 0.248. The van der Waals surface area contributed by atoms with Crippen molar-refractivity contribution in [2.45, 2.75) is 45.1 Å². The van der Waals surface area contributed by atoms with Crippen molar-refractivity contribution in [3.05, 3.63) is 23.9 Å². The van der Waals surface area contributed by atoms with Crippen LogP contribution in [0.3, 0.4) is 0 Å². The van der Waals surface area contributed by atoms with Crippen molar-refractivity contribution < 1.29 is 9.84 Å². The second-order valence-electron chi connectivity index (χ2n) is 4.06. The van der Waals surface area contributed by atoms with Crippen LogP contribution in [-0.2, 0) is 6.42 Å². The maximum atomic E-state index is 9.80. The van der Waals surface area contributed by atoms with E-state index in [9.17, 15) is 5.11 Å². The SMILES string of the molecule is CCCCCC(O)Cc1ccc(OC)nc1. The summed E-state index contributed by atoms with van der Waals surface area (Å²) < 4.78 is 4.98. The number of ether oxygens (including phenoxy) is 1. The van der Waals surface area contributed by atoms with Crippen LogP contribution in [0.25, 0.3) is 0 Å². The molecule has 0 aliphatic heterocycles. The van der Waals surface area contributed by atoms with E-state index in [1.54, 1.807) is 13.3 Å². The Labute approximate surface area is 97.5 Å². The molecule has 0 amide bonds. The predicted molar refractivity (Wildman–Crippen MR) is 64.6 cm³/mol. The number of nitrogens with zero attached hydrogens (tertiary/aromatic N) is 1. The minimum Gasteiger partial charge on any atom is -0.481 e. The molecule has 0 aromatic carbocycles. The standard InChI is InChI=1S/C13H21NO2/c1-3-4-5-6-12(15)9-11-7-8-13(16-2)14-10-11/h7-8,10,12,15H,3-6,9H2,1-2H3. The van der Waals surface area contributed by atoms with E-state index in [1.807, 2.05) is 12.1 Å². The van der Waals surface area contributed by atoms with Gasteiger partial charge in [0.15, 0.2) is 0 Å². The summed E-state index contributed by atoms with van der Waals surface area (Å²) in [5.41, 5.74) is 1.06. The first-order valence-electron chi connectivity index (χ1n) is 5.93. The molecule has 0 saturated heterocycles. The molecule has 3 heteroatoms. The van der Waals surface area contributed by atoms with Crippen molar-refractivity contribution in [2.75, 3.05) is 7.11 Å². The highest BCUT2D eigenvalue weighted by molar-refractivity contribution is 5.18. The largest absolute Gasteiger partial charge is 0.481 e. The van der Waals surface area contributed by atoms with E-state index in [0.717, 1.165) is 18.4 Å². The summed E-state index contributed by atoms with van der Waals surface area (Å²) >= 11 is 0. The molecule has 1 aromatic heterocycles. The van der Waals surface area contributed by atoms with Crippen LogP contribution in [-0.4, -0.2) is 23.3 Å². The van der Waals surface area contributed by atoms with Gasteiger partial charge >= 0.3 is 0 Å². The molecular weight excluding hydrogens is 202 g/mol. The Morgan fingerprint density at radius 2 is 2.19 bits per heavy atom. The van der Waals surface area contributed by atoms with E-state index in [-0.39, 0.29) is 6.10 Å². The highest BCUT2D eigenvalue weighted by Crippen LogP contribution is 2.11. The van der Waals surface area contributed by atoms with E-state index in [1.165, 1.54) is 12.8 Å². The molecule has 0 radical (unpaired) electrons. The maximum Gasteiger partial charge on any atom is 0.212 e. The molecule has 1 N–H and O–H groups in total. The molecule has 0 aliphatic rings. The zero-order chi connectivity index (χ0) is 11.8. The third kappa shape index (κ3) is 4.62. The fourth-order valence-corrected chi connectivity index (χ4v) is 1.66. The van der Waals surface area contributed by atoms with Gasteiger partial charge < -0.3 is 9.84 Å². The van der Waals surface area contributed by atoms with Crippen molar-refractivity contribution in [1.82, 2.24) is 4.98 Å². The molecule has 3 nitrogen and oxygen atoms in total. The quantitative estimate of drug-likeness (QED) is 0.722. The number of aromatic nitrogens is 1. The first-order chi connectivity index (χ1) is 7.76. The Morgan fingerprint density at radius 3 is 2.75 bits per heavy atom. The molecule has 1 rings (SSSR count). The van der Waals surface area contributed by atoms with Crippen molar-refractivity contribution >= 4 is 0 Å². The third-order valence-electron chi connectivity index (χ3n) is 2.62. The van der Waals surface area contributed by atoms with Crippen molar-refractivity contribution in [3.63, 3.8) is 0 Å². The summed E-state index contributed by atoms with van der Waals surface area (Å²) in [6, 6.07) is 3.78. The van der Waals surface area contributed by atoms with Crippen molar-refractivity contribution in [1.29, 1.82) is 0 Å². The van der Waals surface area contributed by atoms with Crippen LogP contribution in [0, 0.1) is 0 Å². The summed E-state index contributed by atoms with van der Waals surface area (Å²) in [5.74, 6) is 0.615. The highest BCUT2D eigenvalue weighted by atomic mass is 16.5. The van der Waals surface area contributed by atoms with E-state index in [4.69, 9.17) is 4.74 Å². The number of methoxy groups -OCH3 is 1. The van der Waals surface area contributed by atoms with Crippen LogP contribution in [0.2, 0.25) is 0 Å². The summed E-state index contributed by atoms with van der Waals surface area (Å²) in [7, 11) is 1.60. The number of rotatable bonds is 7. The lowest BCUT2D eigenvalue weighted by Gasteiger charge is -2.10. The molecule has 1 aromatic rings. The van der Waals surface area contributed by atoms with Crippen LogP contribution in [0.5, 0.6) is 5.88 Å². The zero-order valence-corrected chi connectivity index (χ0v) is 10.1. The zero-order valence-electron chi connectivity index (χ0n) is 10.1. The van der Waals surface area contributed by atoms with Crippen LogP contribution < -0.4 is 4.74 Å². The van der Waals surface area contributed by atoms with Crippen LogP contribution in [0.4, 0.5) is 0 Å². The second kappa shape index (κ2) is 7.23. The Kier molecular flexibility index (Phi) is 5.86. The molecule has 1 unspecified atom stereocenters. The summed E-state index contributed by atoms with van der Waals surface area (Å²) in [4.78, 5) is 4.11. The molecular formula is C13H21NO2. The highest BCUT2D eigenvalue weighted by Gasteiger charge is 2.05. The number of aliphatic hydroxyl groups is 1. The van der Waals surface area contributed by atoms with E-state index in [2.05, 4.69) is 11.9 Å². The van der Waals surface area contributed by atoms with Crippen LogP contribution in [0.1, 0.15) is 38.2 Å². The second-order valence-corrected chi connectivity index (χ2v) is 4.06. The molecule has 1 heterocycles. The van der Waals surface area contributed by atoms with Gasteiger partial charge in [0.2, 0.25) is 5.88 Å². The van der Waals surface area contributed by atoms with Crippen molar-refractivity contribution in [2.24, 2.45) is 0 Å². The molecule has 0 spiro atoms. The maximum absolute atomic E-state index is 9.80. The number of aliphatic hydroxyl groups excluding tert-OH is 1. The number of pyridine rings is 1. The predicted octanol–water partition coefficient (Wildman–Crippen LogP) is 2.57. The summed E-state index contributed by atoms with van der Waals surface area (Å²) in [6.45, 7) is 2.17. The monoisotopic (exact) mass is 223 g/mol. The van der Waals surface area contributed by atoms with E-state index < -0.39 is 0 Å². The van der Waals surface area contributed by atoms with E-state index in [0.29, 0.717) is 12.3 Å². The topological polar surface area (TPSA) is 42.4 Å². The van der Waals surface area contributed by atoms with Crippen LogP contribution >= 0.6 is 0 Å². The van der Waals surface area contributed by atoms with Gasteiger partial charge in [-0.15, -0.1) is 0 Å². The average molecular weight is 223 g/mol. The van der Waals surface area contributed by atoms with Crippen molar-refractivity contribution in [3.8, 4) is 5.88 Å². The molecule has 90 valence electrons. The van der Waals surface area contributed by atoms with E-state index >= 15 is 0 Å². The molecule has 0 saturated carbocycles. The fourth-order valence-electron chi connectivity index (χ4n) is 1.66.